The van der Waals surface area contributed by atoms with Gasteiger partial charge in [0, 0.05) is 51.5 Å². The minimum Gasteiger partial charge on any atom is -0.469 e. The smallest absolute Gasteiger partial charge is 0.305 e. The van der Waals surface area contributed by atoms with Crippen LogP contribution >= 0.6 is 0 Å². The third kappa shape index (κ3) is 8.54. The van der Waals surface area contributed by atoms with Crippen LogP contribution in [0.5, 0.6) is 0 Å². The summed E-state index contributed by atoms with van der Waals surface area (Å²) in [5.74, 6) is 1.07. The van der Waals surface area contributed by atoms with Crippen LogP contribution in [0.4, 0.5) is 0 Å². The van der Waals surface area contributed by atoms with E-state index in [4.69, 9.17) is 0 Å². The number of rotatable bonds is 11. The second kappa shape index (κ2) is 12.8. The Labute approximate surface area is 173 Å². The maximum atomic E-state index is 12.3. The molecule has 1 unspecified atom stereocenters. The summed E-state index contributed by atoms with van der Waals surface area (Å²) < 4.78 is 4.64. The highest BCUT2D eigenvalue weighted by atomic mass is 16.5. The van der Waals surface area contributed by atoms with Crippen molar-refractivity contribution in [3.05, 3.63) is 35.9 Å². The second-order valence-corrected chi connectivity index (χ2v) is 7.33. The van der Waals surface area contributed by atoms with Crippen LogP contribution in [0, 0.1) is 5.92 Å². The molecular weight excluding hydrogens is 368 g/mol. The molecule has 0 aromatic heterocycles. The third-order valence-corrected chi connectivity index (χ3v) is 4.99. The van der Waals surface area contributed by atoms with Crippen LogP contribution in [0.15, 0.2) is 35.3 Å². The first kappa shape index (κ1) is 22.7. The highest BCUT2D eigenvalue weighted by molar-refractivity contribution is 5.80. The van der Waals surface area contributed by atoms with Gasteiger partial charge in [-0.1, -0.05) is 30.3 Å². The van der Waals surface area contributed by atoms with E-state index in [-0.39, 0.29) is 17.8 Å². The maximum Gasteiger partial charge on any atom is 0.305 e. The van der Waals surface area contributed by atoms with E-state index in [1.807, 2.05) is 30.0 Å². The zero-order valence-electron chi connectivity index (χ0n) is 17.7. The lowest BCUT2D eigenvalue weighted by Crippen LogP contribution is -2.38. The van der Waals surface area contributed by atoms with E-state index in [1.54, 1.807) is 0 Å². The van der Waals surface area contributed by atoms with Gasteiger partial charge < -0.3 is 20.3 Å². The Morgan fingerprint density at radius 1 is 1.24 bits per heavy atom. The Hall–Kier alpha value is -2.57. The number of ether oxygens (including phenoxy) is 1. The Kier molecular flexibility index (Phi) is 10.0. The fourth-order valence-electron chi connectivity index (χ4n) is 3.37. The molecule has 2 rings (SSSR count). The lowest BCUT2D eigenvalue weighted by Gasteiger charge is -2.16. The number of hydrogen-bond donors (Lipinski definition) is 2. The minimum atomic E-state index is -0.173. The molecule has 0 radical (unpaired) electrons. The molecule has 0 spiro atoms. The topological polar surface area (TPSA) is 83.0 Å². The van der Waals surface area contributed by atoms with E-state index in [0.717, 1.165) is 51.4 Å². The van der Waals surface area contributed by atoms with Crippen molar-refractivity contribution in [2.75, 3.05) is 39.8 Å². The molecule has 160 valence electrons. The van der Waals surface area contributed by atoms with Crippen molar-refractivity contribution in [3.8, 4) is 0 Å². The predicted molar refractivity (Wildman–Crippen MR) is 115 cm³/mol. The highest BCUT2D eigenvalue weighted by Gasteiger charge is 2.28. The number of guanidine groups is 1. The molecule has 1 heterocycles. The summed E-state index contributed by atoms with van der Waals surface area (Å²) in [7, 11) is 1.41. The van der Waals surface area contributed by atoms with Gasteiger partial charge in [0.25, 0.3) is 0 Å². The van der Waals surface area contributed by atoms with Crippen LogP contribution < -0.4 is 10.6 Å². The molecule has 1 fully saturated rings. The second-order valence-electron chi connectivity index (χ2n) is 7.33. The van der Waals surface area contributed by atoms with Crippen molar-refractivity contribution in [1.29, 1.82) is 0 Å². The summed E-state index contributed by atoms with van der Waals surface area (Å²) in [5.41, 5.74) is 1.26. The number of carbonyl (C=O) groups excluding carboxylic acids is 2. The van der Waals surface area contributed by atoms with Crippen molar-refractivity contribution < 1.29 is 14.3 Å². The predicted octanol–water partition coefficient (Wildman–Crippen LogP) is 1.98. The van der Waals surface area contributed by atoms with Crippen LogP contribution in [-0.2, 0) is 20.7 Å². The Morgan fingerprint density at radius 3 is 2.76 bits per heavy atom. The zero-order chi connectivity index (χ0) is 20.9. The quantitative estimate of drug-likeness (QED) is 0.256. The Bertz CT molecular complexity index is 663. The fourth-order valence-corrected chi connectivity index (χ4v) is 3.37. The molecule has 0 saturated carbocycles. The van der Waals surface area contributed by atoms with Gasteiger partial charge in [-0.05, 0) is 31.7 Å². The summed E-state index contributed by atoms with van der Waals surface area (Å²) in [6.07, 6.45) is 3.55. The summed E-state index contributed by atoms with van der Waals surface area (Å²) in [6, 6.07) is 10.3. The highest BCUT2D eigenvalue weighted by Crippen LogP contribution is 2.18. The molecule has 1 aromatic carbocycles. The number of aliphatic imine (C=N–C) groups is 1. The molecule has 7 nitrogen and oxygen atoms in total. The first-order valence-corrected chi connectivity index (χ1v) is 10.5. The molecule has 1 aromatic rings. The standard InChI is InChI=1S/C22H34N4O3/c1-3-23-22(24-13-8-7-11-21(28)29-2)25-16-19-15-20(27)26(17-19)14-12-18-9-5-4-6-10-18/h4-6,9-10,19H,3,7-8,11-17H2,1-2H3,(H2,23,24,25). The molecule has 1 aliphatic rings. The van der Waals surface area contributed by atoms with Crippen molar-refractivity contribution in [1.82, 2.24) is 15.5 Å². The van der Waals surface area contributed by atoms with Crippen LogP contribution in [0.2, 0.25) is 0 Å². The van der Waals surface area contributed by atoms with Gasteiger partial charge in [0.1, 0.15) is 0 Å². The zero-order valence-corrected chi connectivity index (χ0v) is 17.7. The molecule has 1 aliphatic heterocycles. The normalized spacial score (nSPS) is 16.8. The van der Waals surface area contributed by atoms with Crippen LogP contribution in [0.3, 0.4) is 0 Å². The van der Waals surface area contributed by atoms with Gasteiger partial charge in [0.2, 0.25) is 5.91 Å². The van der Waals surface area contributed by atoms with Gasteiger partial charge in [-0.2, -0.15) is 0 Å². The molecule has 1 amide bonds. The molecule has 0 bridgehead atoms. The van der Waals surface area contributed by atoms with Crippen molar-refractivity contribution in [3.63, 3.8) is 0 Å². The minimum absolute atomic E-state index is 0.173. The summed E-state index contributed by atoms with van der Waals surface area (Å²) in [4.78, 5) is 30.1. The van der Waals surface area contributed by atoms with Gasteiger partial charge in [-0.3, -0.25) is 14.6 Å². The number of benzene rings is 1. The van der Waals surface area contributed by atoms with E-state index in [9.17, 15) is 9.59 Å². The van der Waals surface area contributed by atoms with Gasteiger partial charge in [-0.15, -0.1) is 0 Å². The van der Waals surface area contributed by atoms with Crippen molar-refractivity contribution in [2.24, 2.45) is 10.9 Å². The average Bonchev–Trinajstić information content (AvgIpc) is 3.10. The monoisotopic (exact) mass is 402 g/mol. The molecule has 29 heavy (non-hydrogen) atoms. The Morgan fingerprint density at radius 2 is 2.03 bits per heavy atom. The molecule has 0 aliphatic carbocycles. The summed E-state index contributed by atoms with van der Waals surface area (Å²) >= 11 is 0. The van der Waals surface area contributed by atoms with Gasteiger partial charge in [0.05, 0.1) is 7.11 Å². The fraction of sp³-hybridized carbons (Fsp3) is 0.591. The van der Waals surface area contributed by atoms with Crippen LogP contribution in [-0.4, -0.2) is 62.6 Å². The SMILES string of the molecule is CCNC(=NCC1CC(=O)N(CCc2ccccc2)C1)NCCCCC(=O)OC. The number of amides is 1. The number of likely N-dealkylation sites (tertiary alicyclic amines) is 1. The molecule has 1 saturated heterocycles. The van der Waals surface area contributed by atoms with Gasteiger partial charge >= 0.3 is 5.97 Å². The molecule has 2 N–H and O–H groups in total. The number of hydrogen-bond acceptors (Lipinski definition) is 4. The lowest BCUT2D eigenvalue weighted by molar-refractivity contribution is -0.140. The molecule has 1 atom stereocenters. The number of carbonyl (C=O) groups is 2. The van der Waals surface area contributed by atoms with E-state index < -0.39 is 0 Å². The first-order valence-electron chi connectivity index (χ1n) is 10.5. The van der Waals surface area contributed by atoms with Crippen LogP contribution in [0.1, 0.15) is 38.2 Å². The number of methoxy groups -OCH3 is 1. The van der Waals surface area contributed by atoms with Crippen molar-refractivity contribution in [2.45, 2.75) is 39.0 Å². The molecular formula is C22H34N4O3. The number of nitrogens with one attached hydrogen (secondary N) is 2. The van der Waals surface area contributed by atoms with Crippen molar-refractivity contribution >= 4 is 17.8 Å². The van der Waals surface area contributed by atoms with E-state index in [1.165, 1.54) is 12.7 Å². The number of nitrogens with zero attached hydrogens (tertiary/aromatic N) is 2. The number of unbranched alkanes of at least 4 members (excludes halogenated alkanes) is 1. The largest absolute Gasteiger partial charge is 0.469 e. The summed E-state index contributed by atoms with van der Waals surface area (Å²) in [5, 5.41) is 6.53. The van der Waals surface area contributed by atoms with Crippen LogP contribution in [0.25, 0.3) is 0 Å². The van der Waals surface area contributed by atoms with E-state index in [2.05, 4.69) is 32.5 Å². The van der Waals surface area contributed by atoms with E-state index in [0.29, 0.717) is 19.4 Å². The Balaban J connectivity index is 1.72. The van der Waals surface area contributed by atoms with Gasteiger partial charge in [0.15, 0.2) is 5.96 Å². The third-order valence-electron chi connectivity index (χ3n) is 4.99. The van der Waals surface area contributed by atoms with E-state index >= 15 is 0 Å². The maximum absolute atomic E-state index is 12.3. The molecule has 7 heteroatoms. The first-order chi connectivity index (χ1) is 14.1. The number of esters is 1. The lowest BCUT2D eigenvalue weighted by atomic mass is 10.1. The average molecular weight is 403 g/mol. The summed E-state index contributed by atoms with van der Waals surface area (Å²) in [6.45, 7) is 5.72. The van der Waals surface area contributed by atoms with Gasteiger partial charge in [-0.25, -0.2) is 0 Å².